The zero-order valence-corrected chi connectivity index (χ0v) is 9.61. The molecule has 0 aliphatic heterocycles. The van der Waals surface area contributed by atoms with Crippen LogP contribution in [0.4, 0.5) is 22.0 Å². The predicted molar refractivity (Wildman–Crippen MR) is 58.2 cm³/mol. The standard InChI is InChI=1S/C13H7F5O/c1-19-7-4-2-3-6(5-7)8-9(14)11(16)13(18)12(17)10(8)15/h2-5H,1H3. The number of halogens is 5. The lowest BCUT2D eigenvalue weighted by Crippen LogP contribution is -2.04. The van der Waals surface area contributed by atoms with E-state index in [2.05, 4.69) is 0 Å². The monoisotopic (exact) mass is 274 g/mol. The molecule has 0 N–H and O–H groups in total. The summed E-state index contributed by atoms with van der Waals surface area (Å²) in [6.45, 7) is 0. The van der Waals surface area contributed by atoms with Crippen LogP contribution in [0.1, 0.15) is 0 Å². The highest BCUT2D eigenvalue weighted by Crippen LogP contribution is 2.32. The molecule has 0 heterocycles. The van der Waals surface area contributed by atoms with Crippen LogP contribution in [0, 0.1) is 29.1 Å². The smallest absolute Gasteiger partial charge is 0.200 e. The molecule has 1 nitrogen and oxygen atoms in total. The van der Waals surface area contributed by atoms with E-state index in [1.165, 1.54) is 31.4 Å². The van der Waals surface area contributed by atoms with Gasteiger partial charge in [0.2, 0.25) is 5.82 Å². The van der Waals surface area contributed by atoms with Crippen molar-refractivity contribution in [3.63, 3.8) is 0 Å². The fraction of sp³-hybridized carbons (Fsp3) is 0.0769. The van der Waals surface area contributed by atoms with Crippen LogP contribution in [0.5, 0.6) is 5.75 Å². The van der Waals surface area contributed by atoms with Crippen molar-refractivity contribution >= 4 is 0 Å². The Morgan fingerprint density at radius 1 is 0.789 bits per heavy atom. The van der Waals surface area contributed by atoms with Gasteiger partial charge in [0.05, 0.1) is 12.7 Å². The van der Waals surface area contributed by atoms with Crippen molar-refractivity contribution in [1.29, 1.82) is 0 Å². The van der Waals surface area contributed by atoms with E-state index >= 15 is 0 Å². The van der Waals surface area contributed by atoms with Crippen LogP contribution < -0.4 is 4.74 Å². The average molecular weight is 274 g/mol. The van der Waals surface area contributed by atoms with Crippen LogP contribution in [0.25, 0.3) is 11.1 Å². The first-order valence-corrected chi connectivity index (χ1v) is 5.13. The summed E-state index contributed by atoms with van der Waals surface area (Å²) in [5.41, 5.74) is -1.14. The van der Waals surface area contributed by atoms with Crippen molar-refractivity contribution in [2.24, 2.45) is 0 Å². The summed E-state index contributed by atoms with van der Waals surface area (Å²) in [6.07, 6.45) is 0. The fourth-order valence-electron chi connectivity index (χ4n) is 1.64. The van der Waals surface area contributed by atoms with Gasteiger partial charge in [0.25, 0.3) is 0 Å². The average Bonchev–Trinajstić information content (AvgIpc) is 2.43. The maximum absolute atomic E-state index is 13.6. The van der Waals surface area contributed by atoms with Crippen LogP contribution in [-0.4, -0.2) is 7.11 Å². The Morgan fingerprint density at radius 2 is 1.32 bits per heavy atom. The highest BCUT2D eigenvalue weighted by Gasteiger charge is 2.26. The van der Waals surface area contributed by atoms with Gasteiger partial charge >= 0.3 is 0 Å². The van der Waals surface area contributed by atoms with Crippen molar-refractivity contribution in [1.82, 2.24) is 0 Å². The molecule has 100 valence electrons. The van der Waals surface area contributed by atoms with Crippen molar-refractivity contribution < 1.29 is 26.7 Å². The zero-order valence-electron chi connectivity index (χ0n) is 9.61. The molecule has 2 aromatic carbocycles. The van der Waals surface area contributed by atoms with E-state index in [-0.39, 0.29) is 11.3 Å². The Hall–Kier alpha value is -2.11. The summed E-state index contributed by atoms with van der Waals surface area (Å²) in [5.74, 6) is -9.63. The number of methoxy groups -OCH3 is 1. The number of hydrogen-bond donors (Lipinski definition) is 0. The van der Waals surface area contributed by atoms with Crippen LogP contribution in [0.3, 0.4) is 0 Å². The van der Waals surface area contributed by atoms with Gasteiger partial charge in [-0.15, -0.1) is 0 Å². The number of rotatable bonds is 2. The molecule has 0 aliphatic carbocycles. The molecule has 0 unspecified atom stereocenters. The van der Waals surface area contributed by atoms with Gasteiger partial charge < -0.3 is 4.74 Å². The third kappa shape index (κ3) is 2.14. The van der Waals surface area contributed by atoms with Gasteiger partial charge in [-0.25, -0.2) is 22.0 Å². The first-order chi connectivity index (χ1) is 8.97. The molecule has 0 fully saturated rings. The highest BCUT2D eigenvalue weighted by atomic mass is 19.2. The molecule has 0 bridgehead atoms. The van der Waals surface area contributed by atoms with Crippen molar-refractivity contribution in [3.8, 4) is 16.9 Å². The second-order valence-electron chi connectivity index (χ2n) is 3.68. The molecule has 19 heavy (non-hydrogen) atoms. The van der Waals surface area contributed by atoms with Gasteiger partial charge in [-0.2, -0.15) is 0 Å². The summed E-state index contributed by atoms with van der Waals surface area (Å²) >= 11 is 0. The molecule has 2 aromatic rings. The molecular formula is C13H7F5O. The SMILES string of the molecule is COc1cccc(-c2c(F)c(F)c(F)c(F)c2F)c1. The Labute approximate surface area is 105 Å². The fourth-order valence-corrected chi connectivity index (χ4v) is 1.64. The van der Waals surface area contributed by atoms with E-state index in [9.17, 15) is 22.0 Å². The molecule has 6 heteroatoms. The molecule has 0 atom stereocenters. The third-order valence-electron chi connectivity index (χ3n) is 2.57. The van der Waals surface area contributed by atoms with Gasteiger partial charge in [0, 0.05) is 0 Å². The van der Waals surface area contributed by atoms with Crippen LogP contribution >= 0.6 is 0 Å². The maximum Gasteiger partial charge on any atom is 0.200 e. The molecule has 0 aliphatic rings. The third-order valence-corrected chi connectivity index (χ3v) is 2.57. The lowest BCUT2D eigenvalue weighted by Gasteiger charge is -2.09. The molecule has 0 saturated heterocycles. The first kappa shape index (κ1) is 13.3. The Bertz CT molecular complexity index is 610. The number of hydrogen-bond acceptors (Lipinski definition) is 1. The first-order valence-electron chi connectivity index (χ1n) is 5.13. The van der Waals surface area contributed by atoms with Gasteiger partial charge in [-0.05, 0) is 17.7 Å². The van der Waals surface area contributed by atoms with E-state index in [1.807, 2.05) is 0 Å². The van der Waals surface area contributed by atoms with Gasteiger partial charge in [0.15, 0.2) is 23.3 Å². The summed E-state index contributed by atoms with van der Waals surface area (Å²) < 4.78 is 71.0. The molecule has 2 rings (SSSR count). The highest BCUT2D eigenvalue weighted by molar-refractivity contribution is 5.66. The van der Waals surface area contributed by atoms with E-state index in [4.69, 9.17) is 4.74 Å². The quantitative estimate of drug-likeness (QED) is 0.456. The summed E-state index contributed by atoms with van der Waals surface area (Å²) in [7, 11) is 1.32. The predicted octanol–water partition coefficient (Wildman–Crippen LogP) is 4.06. The summed E-state index contributed by atoms with van der Waals surface area (Å²) in [5, 5.41) is 0. The second-order valence-corrected chi connectivity index (χ2v) is 3.68. The van der Waals surface area contributed by atoms with Gasteiger partial charge in [-0.1, -0.05) is 12.1 Å². The van der Waals surface area contributed by atoms with E-state index in [0.717, 1.165) is 0 Å². The van der Waals surface area contributed by atoms with Crippen molar-refractivity contribution in [3.05, 3.63) is 53.4 Å². The van der Waals surface area contributed by atoms with Crippen LogP contribution in [-0.2, 0) is 0 Å². The minimum absolute atomic E-state index is 0.160. The van der Waals surface area contributed by atoms with Gasteiger partial charge in [0.1, 0.15) is 5.75 Å². The molecule has 0 saturated carbocycles. The second kappa shape index (κ2) is 4.87. The largest absolute Gasteiger partial charge is 0.497 e. The van der Waals surface area contributed by atoms with Gasteiger partial charge in [-0.3, -0.25) is 0 Å². The molecule has 0 spiro atoms. The summed E-state index contributed by atoms with van der Waals surface area (Å²) in [4.78, 5) is 0. The topological polar surface area (TPSA) is 9.23 Å². The molecule has 0 amide bonds. The number of ether oxygens (including phenoxy) is 1. The van der Waals surface area contributed by atoms with Crippen molar-refractivity contribution in [2.75, 3.05) is 7.11 Å². The van der Waals surface area contributed by atoms with Crippen LogP contribution in [0.2, 0.25) is 0 Å². The van der Waals surface area contributed by atoms with E-state index in [0.29, 0.717) is 0 Å². The molecular weight excluding hydrogens is 267 g/mol. The minimum atomic E-state index is -2.18. The Morgan fingerprint density at radius 3 is 1.84 bits per heavy atom. The Kier molecular flexibility index (Phi) is 3.42. The maximum atomic E-state index is 13.6. The van der Waals surface area contributed by atoms with E-state index < -0.39 is 34.6 Å². The molecule has 0 radical (unpaired) electrons. The normalized spacial score (nSPS) is 10.6. The molecule has 0 aromatic heterocycles. The van der Waals surface area contributed by atoms with Crippen molar-refractivity contribution in [2.45, 2.75) is 0 Å². The lowest BCUT2D eigenvalue weighted by atomic mass is 10.0. The zero-order chi connectivity index (χ0) is 14.2. The number of benzene rings is 2. The Balaban J connectivity index is 2.75. The van der Waals surface area contributed by atoms with Crippen LogP contribution in [0.15, 0.2) is 24.3 Å². The summed E-state index contributed by atoms with van der Waals surface area (Å²) in [6, 6.07) is 5.26. The minimum Gasteiger partial charge on any atom is -0.497 e. The lowest BCUT2D eigenvalue weighted by molar-refractivity contribution is 0.381. The van der Waals surface area contributed by atoms with E-state index in [1.54, 1.807) is 0 Å².